The van der Waals surface area contributed by atoms with Gasteiger partial charge in [-0.05, 0) is 69.1 Å². The van der Waals surface area contributed by atoms with E-state index in [-0.39, 0.29) is 0 Å². The quantitative estimate of drug-likeness (QED) is 0.697. The molecule has 0 radical (unpaired) electrons. The van der Waals surface area contributed by atoms with Crippen molar-refractivity contribution in [1.82, 2.24) is 14.7 Å². The minimum absolute atomic E-state index is 0.721. The van der Waals surface area contributed by atoms with Gasteiger partial charge in [-0.1, -0.05) is 13.8 Å². The van der Waals surface area contributed by atoms with Crippen molar-refractivity contribution < 1.29 is 0 Å². The molecule has 2 aliphatic carbocycles. The Labute approximate surface area is 156 Å². The molecule has 4 rings (SSSR count). The summed E-state index contributed by atoms with van der Waals surface area (Å²) in [7, 11) is 0. The topological polar surface area (TPSA) is 9.72 Å². The van der Waals surface area contributed by atoms with Gasteiger partial charge in [0.25, 0.3) is 0 Å². The molecule has 0 aromatic carbocycles. The Bertz CT molecular complexity index is 448. The Morgan fingerprint density at radius 1 is 0.960 bits per heavy atom. The van der Waals surface area contributed by atoms with Crippen LogP contribution >= 0.6 is 0 Å². The van der Waals surface area contributed by atoms with Crippen LogP contribution in [-0.4, -0.2) is 72.6 Å². The average Bonchev–Trinajstić information content (AvgIpc) is 3.01. The molecule has 3 atom stereocenters. The van der Waals surface area contributed by atoms with Crippen LogP contribution in [0.15, 0.2) is 0 Å². The molecular formula is C22H41N3. The summed E-state index contributed by atoms with van der Waals surface area (Å²) in [5.41, 5.74) is 0.724. The van der Waals surface area contributed by atoms with Gasteiger partial charge >= 0.3 is 0 Å². The van der Waals surface area contributed by atoms with Crippen molar-refractivity contribution in [3.05, 3.63) is 0 Å². The van der Waals surface area contributed by atoms with Crippen LogP contribution in [0, 0.1) is 23.2 Å². The number of rotatable bonds is 7. The summed E-state index contributed by atoms with van der Waals surface area (Å²) in [6, 6.07) is 1.65. The monoisotopic (exact) mass is 347 g/mol. The molecule has 2 heterocycles. The highest BCUT2D eigenvalue weighted by Gasteiger charge is 2.50. The van der Waals surface area contributed by atoms with Gasteiger partial charge < -0.3 is 4.90 Å². The first-order valence-corrected chi connectivity index (χ1v) is 11.1. The third-order valence-corrected chi connectivity index (χ3v) is 7.77. The normalized spacial score (nSPS) is 36.0. The molecule has 4 aliphatic rings. The Morgan fingerprint density at radius 2 is 1.68 bits per heavy atom. The van der Waals surface area contributed by atoms with Crippen LogP contribution in [0.25, 0.3) is 0 Å². The second kappa shape index (κ2) is 7.13. The van der Waals surface area contributed by atoms with Gasteiger partial charge in [-0.3, -0.25) is 9.80 Å². The summed E-state index contributed by atoms with van der Waals surface area (Å²) in [6.45, 7) is 18.9. The number of likely N-dealkylation sites (tertiary alicyclic amines) is 1. The first kappa shape index (κ1) is 18.3. The molecule has 144 valence electrons. The van der Waals surface area contributed by atoms with E-state index >= 15 is 0 Å². The van der Waals surface area contributed by atoms with Gasteiger partial charge in [0.05, 0.1) is 0 Å². The number of hydrogen-bond acceptors (Lipinski definition) is 3. The summed E-state index contributed by atoms with van der Waals surface area (Å²) in [5.74, 6) is 2.87. The predicted octanol–water partition coefficient (Wildman–Crippen LogP) is 3.55. The molecule has 0 aromatic heterocycles. The molecule has 0 unspecified atom stereocenters. The van der Waals surface area contributed by atoms with E-state index in [0.29, 0.717) is 0 Å². The third kappa shape index (κ3) is 4.09. The zero-order valence-corrected chi connectivity index (χ0v) is 17.2. The van der Waals surface area contributed by atoms with Crippen molar-refractivity contribution >= 4 is 0 Å². The molecule has 0 N–H and O–H groups in total. The highest BCUT2D eigenvalue weighted by Crippen LogP contribution is 2.53. The lowest BCUT2D eigenvalue weighted by atomic mass is 9.90. The fourth-order valence-electron chi connectivity index (χ4n) is 6.26. The van der Waals surface area contributed by atoms with E-state index in [1.807, 2.05) is 0 Å². The summed E-state index contributed by atoms with van der Waals surface area (Å²) < 4.78 is 0. The second-order valence-electron chi connectivity index (χ2n) is 10.6. The number of piperidine rings is 1. The van der Waals surface area contributed by atoms with E-state index < -0.39 is 0 Å². The van der Waals surface area contributed by atoms with Crippen LogP contribution in [-0.2, 0) is 0 Å². The highest BCUT2D eigenvalue weighted by molar-refractivity contribution is 5.03. The first-order valence-electron chi connectivity index (χ1n) is 11.1. The molecule has 2 saturated carbocycles. The van der Waals surface area contributed by atoms with Gasteiger partial charge in [-0.25, -0.2) is 0 Å². The SMILES string of the molecule is CC(C)CC1(CN2C[C@@H]3C[C@H]2C[C@@H]3CN2CCN(C(C)C)CC2)CC1. The zero-order chi connectivity index (χ0) is 17.6. The first-order chi connectivity index (χ1) is 11.9. The number of nitrogens with zero attached hydrogens (tertiary/aromatic N) is 3. The van der Waals surface area contributed by atoms with Gasteiger partial charge in [0.15, 0.2) is 0 Å². The molecular weight excluding hydrogens is 306 g/mol. The molecule has 3 nitrogen and oxygen atoms in total. The van der Waals surface area contributed by atoms with Gasteiger partial charge in [0.1, 0.15) is 0 Å². The third-order valence-electron chi connectivity index (χ3n) is 7.77. The van der Waals surface area contributed by atoms with Crippen LogP contribution in [0.3, 0.4) is 0 Å². The van der Waals surface area contributed by atoms with Gasteiger partial charge in [-0.2, -0.15) is 0 Å². The van der Waals surface area contributed by atoms with Crippen molar-refractivity contribution in [3.63, 3.8) is 0 Å². The number of piperazine rings is 1. The van der Waals surface area contributed by atoms with Crippen LogP contribution in [0.1, 0.15) is 59.8 Å². The van der Waals surface area contributed by atoms with Crippen molar-refractivity contribution in [1.29, 1.82) is 0 Å². The lowest BCUT2D eigenvalue weighted by molar-refractivity contribution is 0.0732. The Morgan fingerprint density at radius 3 is 2.20 bits per heavy atom. The zero-order valence-electron chi connectivity index (χ0n) is 17.2. The molecule has 3 heteroatoms. The van der Waals surface area contributed by atoms with E-state index in [4.69, 9.17) is 0 Å². The standard InChI is InChI=1S/C22H41N3/c1-17(2)13-22(5-6-22)16-25-15-20-12-21(25)11-19(20)14-23-7-9-24(10-8-23)18(3)4/h17-21H,5-16H2,1-4H3/t19-,20+,21-/m1/s1. The maximum absolute atomic E-state index is 2.91. The van der Waals surface area contributed by atoms with E-state index in [0.717, 1.165) is 35.3 Å². The van der Waals surface area contributed by atoms with E-state index in [9.17, 15) is 0 Å². The predicted molar refractivity (Wildman–Crippen MR) is 106 cm³/mol. The van der Waals surface area contributed by atoms with Gasteiger partial charge in [0, 0.05) is 57.9 Å². The summed E-state index contributed by atoms with van der Waals surface area (Å²) in [4.78, 5) is 8.33. The maximum atomic E-state index is 2.91. The molecule has 25 heavy (non-hydrogen) atoms. The maximum Gasteiger partial charge on any atom is 0.0113 e. The van der Waals surface area contributed by atoms with Gasteiger partial charge in [0.2, 0.25) is 0 Å². The van der Waals surface area contributed by atoms with Crippen LogP contribution in [0.4, 0.5) is 0 Å². The minimum atomic E-state index is 0.721. The van der Waals surface area contributed by atoms with E-state index in [1.165, 1.54) is 77.9 Å². The van der Waals surface area contributed by atoms with Crippen molar-refractivity contribution in [3.8, 4) is 0 Å². The summed E-state index contributed by atoms with van der Waals surface area (Å²) in [5, 5.41) is 0. The molecule has 0 spiro atoms. The largest absolute Gasteiger partial charge is 0.301 e. The fourth-order valence-corrected chi connectivity index (χ4v) is 6.26. The number of hydrogen-bond donors (Lipinski definition) is 0. The summed E-state index contributed by atoms with van der Waals surface area (Å²) >= 11 is 0. The van der Waals surface area contributed by atoms with Gasteiger partial charge in [-0.15, -0.1) is 0 Å². The Kier molecular flexibility index (Phi) is 5.20. The lowest BCUT2D eigenvalue weighted by Gasteiger charge is -2.40. The van der Waals surface area contributed by atoms with Crippen molar-refractivity contribution in [2.24, 2.45) is 23.2 Å². The van der Waals surface area contributed by atoms with Crippen molar-refractivity contribution in [2.75, 3.05) is 45.8 Å². The van der Waals surface area contributed by atoms with E-state index in [1.54, 1.807) is 0 Å². The smallest absolute Gasteiger partial charge is 0.0113 e. The molecule has 0 amide bonds. The van der Waals surface area contributed by atoms with Crippen LogP contribution in [0.2, 0.25) is 0 Å². The Balaban J connectivity index is 1.22. The van der Waals surface area contributed by atoms with E-state index in [2.05, 4.69) is 42.4 Å². The van der Waals surface area contributed by atoms with Crippen LogP contribution < -0.4 is 0 Å². The summed E-state index contributed by atoms with van der Waals surface area (Å²) in [6.07, 6.45) is 7.47. The Hall–Kier alpha value is -0.120. The fraction of sp³-hybridized carbons (Fsp3) is 1.00. The molecule has 4 fully saturated rings. The minimum Gasteiger partial charge on any atom is -0.301 e. The highest BCUT2D eigenvalue weighted by atomic mass is 15.3. The average molecular weight is 348 g/mol. The van der Waals surface area contributed by atoms with Crippen molar-refractivity contribution in [2.45, 2.75) is 71.9 Å². The second-order valence-corrected chi connectivity index (χ2v) is 10.6. The van der Waals surface area contributed by atoms with Crippen LogP contribution in [0.5, 0.6) is 0 Å². The molecule has 2 aliphatic heterocycles. The number of fused-ring (bicyclic) bond motifs is 2. The molecule has 2 bridgehead atoms. The molecule has 2 saturated heterocycles. The lowest BCUT2D eigenvalue weighted by Crippen LogP contribution is -2.51. The molecule has 0 aromatic rings.